The maximum absolute atomic E-state index is 12.8. The van der Waals surface area contributed by atoms with Crippen LogP contribution >= 0.6 is 12.4 Å². The molecule has 11 heteroatoms. The molecule has 7 nitrogen and oxygen atoms in total. The van der Waals surface area contributed by atoms with Crippen LogP contribution in [0.25, 0.3) is 10.9 Å². The highest BCUT2D eigenvalue weighted by Gasteiger charge is 2.30. The number of fused-ring (bicyclic) bond motifs is 1. The van der Waals surface area contributed by atoms with Gasteiger partial charge in [0.15, 0.2) is 6.61 Å². The van der Waals surface area contributed by atoms with Gasteiger partial charge in [-0.1, -0.05) is 6.42 Å². The van der Waals surface area contributed by atoms with Crippen molar-refractivity contribution >= 4 is 29.2 Å². The third-order valence-electron chi connectivity index (χ3n) is 4.70. The summed E-state index contributed by atoms with van der Waals surface area (Å²) in [6.07, 6.45) is 0.560. The quantitative estimate of drug-likeness (QED) is 0.625. The molecule has 2 heterocycles. The van der Waals surface area contributed by atoms with Crippen LogP contribution in [0.2, 0.25) is 0 Å². The molecule has 3 rings (SSSR count). The lowest BCUT2D eigenvalue weighted by Gasteiger charge is -2.25. The van der Waals surface area contributed by atoms with Gasteiger partial charge in [0.2, 0.25) is 0 Å². The molecule has 30 heavy (non-hydrogen) atoms. The lowest BCUT2D eigenvalue weighted by molar-refractivity contribution is -0.153. The number of amides is 1. The maximum atomic E-state index is 12.8. The second-order valence-corrected chi connectivity index (χ2v) is 7.02. The normalized spacial score (nSPS) is 15.1. The number of hydrogen-bond donors (Lipinski definition) is 1. The van der Waals surface area contributed by atoms with Crippen LogP contribution in [0.4, 0.5) is 13.2 Å². The van der Waals surface area contributed by atoms with Crippen molar-refractivity contribution in [3.8, 4) is 5.75 Å². The number of benzene rings is 1. The molecule has 0 bridgehead atoms. The first-order chi connectivity index (χ1) is 13.9. The van der Waals surface area contributed by atoms with E-state index in [4.69, 9.17) is 9.47 Å². The number of nitrogens with one attached hydrogen (secondary N) is 1. The summed E-state index contributed by atoms with van der Waals surface area (Å²) in [7, 11) is 1.49. The highest BCUT2D eigenvalue weighted by atomic mass is 35.5. The molecule has 1 saturated heterocycles. The number of nitrogens with zero attached hydrogens (tertiary/aromatic N) is 3. The molecule has 1 fully saturated rings. The predicted molar refractivity (Wildman–Crippen MR) is 108 cm³/mol. The summed E-state index contributed by atoms with van der Waals surface area (Å²) in [5, 5.41) is 7.44. The molecule has 0 radical (unpaired) electrons. The Morgan fingerprint density at radius 1 is 1.23 bits per heavy atom. The fourth-order valence-electron chi connectivity index (χ4n) is 3.35. The number of halogens is 4. The topological polar surface area (TPSA) is 68.6 Å². The number of carbonyl (C=O) groups excluding carboxylic acids is 1. The Labute approximate surface area is 178 Å². The largest absolute Gasteiger partial charge is 0.483 e. The van der Waals surface area contributed by atoms with Crippen LogP contribution in [0.15, 0.2) is 18.3 Å². The summed E-state index contributed by atoms with van der Waals surface area (Å²) >= 11 is 0. The molecule has 1 amide bonds. The van der Waals surface area contributed by atoms with Crippen LogP contribution in [0.3, 0.4) is 0 Å². The lowest BCUT2D eigenvalue weighted by Crippen LogP contribution is -2.31. The van der Waals surface area contributed by atoms with Crippen molar-refractivity contribution in [3.05, 3.63) is 23.9 Å². The molecule has 1 N–H and O–H groups in total. The molecule has 1 aromatic carbocycles. The zero-order chi connectivity index (χ0) is 20.9. The van der Waals surface area contributed by atoms with E-state index < -0.39 is 18.7 Å². The van der Waals surface area contributed by atoms with E-state index in [1.165, 1.54) is 19.6 Å². The van der Waals surface area contributed by atoms with Crippen molar-refractivity contribution in [2.24, 2.45) is 0 Å². The Morgan fingerprint density at radius 2 is 1.97 bits per heavy atom. The van der Waals surface area contributed by atoms with Crippen molar-refractivity contribution < 1.29 is 27.4 Å². The molecule has 1 aromatic heterocycles. The van der Waals surface area contributed by atoms with Crippen LogP contribution in [-0.2, 0) is 11.4 Å². The second-order valence-electron chi connectivity index (χ2n) is 7.02. The molecule has 0 spiro atoms. The molecule has 2 aromatic rings. The minimum atomic E-state index is -4.52. The molecule has 1 aliphatic rings. The van der Waals surface area contributed by atoms with E-state index in [2.05, 4.69) is 15.3 Å². The van der Waals surface area contributed by atoms with E-state index in [1.54, 1.807) is 16.9 Å². The van der Waals surface area contributed by atoms with Gasteiger partial charge in [0, 0.05) is 19.9 Å². The Hall–Kier alpha value is -2.04. The SMILES string of the molecule is COCCNC(=O)c1ccc2nn(CN3CCCCC3)cc2c1OCC(F)(F)F.Cl. The maximum Gasteiger partial charge on any atom is 0.422 e. The van der Waals surface area contributed by atoms with Gasteiger partial charge >= 0.3 is 6.18 Å². The molecular weight excluding hydrogens is 425 g/mol. The van der Waals surface area contributed by atoms with E-state index in [0.29, 0.717) is 24.2 Å². The van der Waals surface area contributed by atoms with E-state index in [0.717, 1.165) is 25.9 Å². The number of methoxy groups -OCH3 is 1. The first-order valence-corrected chi connectivity index (χ1v) is 9.56. The van der Waals surface area contributed by atoms with Crippen molar-refractivity contribution in [2.45, 2.75) is 32.1 Å². The molecule has 168 valence electrons. The minimum Gasteiger partial charge on any atom is -0.483 e. The van der Waals surface area contributed by atoms with Gasteiger partial charge in [-0.15, -0.1) is 12.4 Å². The highest BCUT2D eigenvalue weighted by Crippen LogP contribution is 2.31. The Kier molecular flexibility index (Phi) is 8.75. The number of aromatic nitrogens is 2. The molecule has 0 saturated carbocycles. The van der Waals surface area contributed by atoms with Crippen molar-refractivity contribution in [2.75, 3.05) is 40.0 Å². The Bertz CT molecular complexity index is 838. The molecule has 0 unspecified atom stereocenters. The van der Waals surface area contributed by atoms with Crippen molar-refractivity contribution in [1.29, 1.82) is 0 Å². The number of piperidine rings is 1. The fraction of sp³-hybridized carbons (Fsp3) is 0.579. The average molecular weight is 451 g/mol. The van der Waals surface area contributed by atoms with Gasteiger partial charge < -0.3 is 14.8 Å². The van der Waals surface area contributed by atoms with Gasteiger partial charge in [-0.05, 0) is 38.1 Å². The van der Waals surface area contributed by atoms with Crippen LogP contribution in [0.1, 0.15) is 29.6 Å². The summed E-state index contributed by atoms with van der Waals surface area (Å²) in [6.45, 7) is 1.51. The summed E-state index contributed by atoms with van der Waals surface area (Å²) < 4.78 is 49.9. The van der Waals surface area contributed by atoms with Crippen LogP contribution < -0.4 is 10.1 Å². The number of alkyl halides is 3. The van der Waals surface area contributed by atoms with Crippen LogP contribution in [0, 0.1) is 0 Å². The van der Waals surface area contributed by atoms with Gasteiger partial charge in [-0.25, -0.2) is 0 Å². The second kappa shape index (κ2) is 10.8. The Morgan fingerprint density at radius 3 is 2.63 bits per heavy atom. The number of likely N-dealkylation sites (tertiary alicyclic amines) is 1. The van der Waals surface area contributed by atoms with Gasteiger partial charge in [0.1, 0.15) is 5.75 Å². The van der Waals surface area contributed by atoms with E-state index in [1.807, 2.05) is 0 Å². The fourth-order valence-corrected chi connectivity index (χ4v) is 3.35. The summed E-state index contributed by atoms with van der Waals surface area (Å²) in [5.74, 6) is -0.635. The summed E-state index contributed by atoms with van der Waals surface area (Å²) in [6, 6.07) is 3.06. The van der Waals surface area contributed by atoms with Crippen LogP contribution in [-0.4, -0.2) is 66.7 Å². The minimum absolute atomic E-state index is 0. The zero-order valence-corrected chi connectivity index (χ0v) is 17.5. The van der Waals surface area contributed by atoms with Crippen LogP contribution in [0.5, 0.6) is 5.75 Å². The van der Waals surface area contributed by atoms with Gasteiger partial charge in [0.05, 0.1) is 29.7 Å². The van der Waals surface area contributed by atoms with Gasteiger partial charge in [-0.2, -0.15) is 18.3 Å². The third kappa shape index (κ3) is 6.48. The zero-order valence-electron chi connectivity index (χ0n) is 16.7. The van der Waals surface area contributed by atoms with Crippen molar-refractivity contribution in [3.63, 3.8) is 0 Å². The predicted octanol–water partition coefficient (Wildman–Crippen LogP) is 3.22. The number of rotatable bonds is 8. The number of hydrogen-bond acceptors (Lipinski definition) is 5. The summed E-state index contributed by atoms with van der Waals surface area (Å²) in [4.78, 5) is 14.7. The Balaban J connectivity index is 0.00000320. The number of carbonyl (C=O) groups is 1. The van der Waals surface area contributed by atoms with E-state index in [-0.39, 0.29) is 30.3 Å². The van der Waals surface area contributed by atoms with E-state index >= 15 is 0 Å². The molecule has 0 atom stereocenters. The standard InChI is InChI=1S/C19H25F3N4O3.ClH/c1-28-10-7-23-18(27)14-5-6-16-15(17(14)29-12-19(20,21)22)11-26(24-16)13-25-8-3-2-4-9-25;/h5-6,11H,2-4,7-10,12-13H2,1H3,(H,23,27);1H. The number of ether oxygens (including phenoxy) is 2. The highest BCUT2D eigenvalue weighted by molar-refractivity contribution is 6.03. The first-order valence-electron chi connectivity index (χ1n) is 9.56. The molecular formula is C19H26ClF3N4O3. The summed E-state index contributed by atoms with van der Waals surface area (Å²) in [5.41, 5.74) is 0.517. The smallest absolute Gasteiger partial charge is 0.422 e. The lowest BCUT2D eigenvalue weighted by atomic mass is 10.1. The first kappa shape index (κ1) is 24.2. The van der Waals surface area contributed by atoms with Gasteiger partial charge in [0.25, 0.3) is 5.91 Å². The van der Waals surface area contributed by atoms with Gasteiger partial charge in [-0.3, -0.25) is 14.4 Å². The van der Waals surface area contributed by atoms with Crippen molar-refractivity contribution in [1.82, 2.24) is 20.0 Å². The van der Waals surface area contributed by atoms with E-state index in [9.17, 15) is 18.0 Å². The molecule has 0 aliphatic carbocycles. The monoisotopic (exact) mass is 450 g/mol. The third-order valence-corrected chi connectivity index (χ3v) is 4.70. The average Bonchev–Trinajstić information content (AvgIpc) is 3.08. The molecule has 1 aliphatic heterocycles.